The first-order valence-electron chi connectivity index (χ1n) is 6.92. The predicted molar refractivity (Wildman–Crippen MR) is 79.8 cm³/mol. The first-order chi connectivity index (χ1) is 9.19. The van der Waals surface area contributed by atoms with E-state index in [0.29, 0.717) is 17.4 Å². The van der Waals surface area contributed by atoms with Crippen molar-refractivity contribution in [2.45, 2.75) is 45.1 Å². The van der Waals surface area contributed by atoms with Crippen molar-refractivity contribution in [2.75, 3.05) is 24.2 Å². The van der Waals surface area contributed by atoms with Gasteiger partial charge in [0.05, 0.1) is 0 Å². The van der Waals surface area contributed by atoms with Gasteiger partial charge in [-0.3, -0.25) is 4.79 Å². The lowest BCUT2D eigenvalue weighted by Gasteiger charge is -2.34. The summed E-state index contributed by atoms with van der Waals surface area (Å²) in [7, 11) is 1.63. The fourth-order valence-electron chi connectivity index (χ4n) is 2.79. The minimum absolute atomic E-state index is 0.143. The Hall–Kier alpha value is -1.30. The van der Waals surface area contributed by atoms with Crippen LogP contribution in [0.25, 0.3) is 0 Å². The number of nitrogens with zero attached hydrogens (tertiary/aromatic N) is 2. The first kappa shape index (κ1) is 14.1. The van der Waals surface area contributed by atoms with Crippen molar-refractivity contribution in [3.05, 3.63) is 5.56 Å². The van der Waals surface area contributed by atoms with Crippen molar-refractivity contribution in [2.24, 2.45) is 0 Å². The highest BCUT2D eigenvalue weighted by Gasteiger charge is 2.27. The van der Waals surface area contributed by atoms with Crippen LogP contribution in [0.15, 0.2) is 0 Å². The van der Waals surface area contributed by atoms with Gasteiger partial charge in [-0.2, -0.15) is 4.37 Å². The molecular formula is C13H22N4OS. The largest absolute Gasteiger partial charge is 0.382 e. The number of nitrogens with two attached hydrogens (primary N) is 1. The molecule has 1 aliphatic carbocycles. The molecule has 5 nitrogen and oxygen atoms in total. The summed E-state index contributed by atoms with van der Waals surface area (Å²) < 4.78 is 4.17. The van der Waals surface area contributed by atoms with E-state index in [4.69, 9.17) is 5.73 Å². The Kier molecular flexibility index (Phi) is 4.63. The Labute approximate surface area is 118 Å². The first-order valence-corrected chi connectivity index (χ1v) is 7.70. The molecule has 1 aromatic rings. The van der Waals surface area contributed by atoms with Crippen LogP contribution < -0.4 is 16.0 Å². The van der Waals surface area contributed by atoms with Gasteiger partial charge in [-0.1, -0.05) is 19.3 Å². The van der Waals surface area contributed by atoms with Crippen LogP contribution in [0, 0.1) is 0 Å². The molecule has 1 aliphatic rings. The Morgan fingerprint density at radius 2 is 2.16 bits per heavy atom. The number of aromatic nitrogens is 1. The Morgan fingerprint density at radius 3 is 2.74 bits per heavy atom. The van der Waals surface area contributed by atoms with E-state index in [-0.39, 0.29) is 5.91 Å². The summed E-state index contributed by atoms with van der Waals surface area (Å²) in [5, 5.41) is 3.57. The minimum atomic E-state index is -0.143. The SMILES string of the molecule is CCN(c1snc(N)c1C(=O)NC)C1CCCCC1. The van der Waals surface area contributed by atoms with E-state index >= 15 is 0 Å². The van der Waals surface area contributed by atoms with Crippen LogP contribution in [0.2, 0.25) is 0 Å². The lowest BCUT2D eigenvalue weighted by Crippen LogP contribution is -2.37. The van der Waals surface area contributed by atoms with Gasteiger partial charge >= 0.3 is 0 Å². The second-order valence-electron chi connectivity index (χ2n) is 4.90. The average Bonchev–Trinajstić information content (AvgIpc) is 2.82. The number of hydrogen-bond acceptors (Lipinski definition) is 5. The van der Waals surface area contributed by atoms with E-state index < -0.39 is 0 Å². The second kappa shape index (κ2) is 6.23. The number of anilines is 2. The second-order valence-corrected chi connectivity index (χ2v) is 5.66. The van der Waals surface area contributed by atoms with Crippen molar-refractivity contribution >= 4 is 28.3 Å². The van der Waals surface area contributed by atoms with Gasteiger partial charge in [-0.15, -0.1) is 0 Å². The van der Waals surface area contributed by atoms with Crippen molar-refractivity contribution in [3.63, 3.8) is 0 Å². The van der Waals surface area contributed by atoms with E-state index in [9.17, 15) is 4.79 Å². The summed E-state index contributed by atoms with van der Waals surface area (Å²) in [6.07, 6.45) is 6.24. The van der Waals surface area contributed by atoms with Gasteiger partial charge in [0.1, 0.15) is 10.6 Å². The van der Waals surface area contributed by atoms with Crippen LogP contribution in [0.4, 0.5) is 10.8 Å². The Morgan fingerprint density at radius 1 is 1.47 bits per heavy atom. The quantitative estimate of drug-likeness (QED) is 0.888. The van der Waals surface area contributed by atoms with Crippen LogP contribution in [0.3, 0.4) is 0 Å². The normalized spacial score (nSPS) is 16.3. The number of amides is 1. The maximum absolute atomic E-state index is 12.0. The molecule has 0 saturated heterocycles. The maximum Gasteiger partial charge on any atom is 0.257 e. The topological polar surface area (TPSA) is 71.2 Å². The highest BCUT2D eigenvalue weighted by atomic mass is 32.1. The zero-order valence-corrected chi connectivity index (χ0v) is 12.4. The smallest absolute Gasteiger partial charge is 0.257 e. The molecule has 1 aromatic heterocycles. The van der Waals surface area contributed by atoms with E-state index in [1.165, 1.54) is 43.6 Å². The molecule has 19 heavy (non-hydrogen) atoms. The molecule has 0 radical (unpaired) electrons. The average molecular weight is 282 g/mol. The molecule has 1 fully saturated rings. The van der Waals surface area contributed by atoms with Crippen molar-refractivity contribution < 1.29 is 4.79 Å². The molecule has 0 atom stereocenters. The van der Waals surface area contributed by atoms with Gasteiger partial charge < -0.3 is 16.0 Å². The highest BCUT2D eigenvalue weighted by Crippen LogP contribution is 2.35. The third kappa shape index (κ3) is 2.83. The summed E-state index contributed by atoms with van der Waals surface area (Å²) >= 11 is 1.34. The van der Waals surface area contributed by atoms with E-state index in [1.807, 2.05) is 0 Å². The molecule has 0 aliphatic heterocycles. The molecule has 6 heteroatoms. The van der Waals surface area contributed by atoms with Crippen molar-refractivity contribution in [1.82, 2.24) is 9.69 Å². The van der Waals surface area contributed by atoms with Crippen LogP contribution in [-0.4, -0.2) is 29.9 Å². The molecule has 3 N–H and O–H groups in total. The lowest BCUT2D eigenvalue weighted by atomic mass is 9.94. The van der Waals surface area contributed by atoms with Gasteiger partial charge in [0, 0.05) is 19.6 Å². The molecule has 0 bridgehead atoms. The number of hydrogen-bond donors (Lipinski definition) is 2. The molecule has 1 saturated carbocycles. The number of carbonyl (C=O) groups is 1. The van der Waals surface area contributed by atoms with Crippen LogP contribution >= 0.6 is 11.5 Å². The van der Waals surface area contributed by atoms with Gasteiger partial charge in [-0.25, -0.2) is 0 Å². The molecule has 1 heterocycles. The van der Waals surface area contributed by atoms with Crippen LogP contribution in [0.5, 0.6) is 0 Å². The Balaban J connectivity index is 2.29. The third-order valence-electron chi connectivity index (χ3n) is 3.77. The van der Waals surface area contributed by atoms with Crippen LogP contribution in [0.1, 0.15) is 49.4 Å². The van der Waals surface area contributed by atoms with Crippen LogP contribution in [-0.2, 0) is 0 Å². The van der Waals surface area contributed by atoms with Crippen molar-refractivity contribution in [1.29, 1.82) is 0 Å². The molecule has 0 spiro atoms. The van der Waals surface area contributed by atoms with Crippen molar-refractivity contribution in [3.8, 4) is 0 Å². The summed E-state index contributed by atoms with van der Waals surface area (Å²) in [6, 6.07) is 0.516. The number of nitrogen functional groups attached to an aromatic ring is 1. The lowest BCUT2D eigenvalue weighted by molar-refractivity contribution is 0.0964. The monoisotopic (exact) mass is 282 g/mol. The number of carbonyl (C=O) groups excluding carboxylic acids is 1. The van der Waals surface area contributed by atoms with Gasteiger partial charge in [-0.05, 0) is 31.3 Å². The number of rotatable bonds is 4. The third-order valence-corrected chi connectivity index (χ3v) is 4.67. The standard InChI is InChI=1S/C13H22N4OS/c1-3-17(9-7-5-4-6-8-9)13-10(12(18)15-2)11(14)16-19-13/h9H,3-8H2,1-2H3,(H2,14,16)(H,15,18). The summed E-state index contributed by atoms with van der Waals surface area (Å²) in [6.45, 7) is 3.01. The molecule has 1 amide bonds. The van der Waals surface area contributed by atoms with E-state index in [0.717, 1.165) is 11.5 Å². The molecular weight excluding hydrogens is 260 g/mol. The predicted octanol–water partition coefficient (Wildman–Crippen LogP) is 2.24. The maximum atomic E-state index is 12.0. The minimum Gasteiger partial charge on any atom is -0.382 e. The molecule has 106 valence electrons. The molecule has 0 aromatic carbocycles. The zero-order chi connectivity index (χ0) is 13.8. The highest BCUT2D eigenvalue weighted by molar-refractivity contribution is 7.11. The van der Waals surface area contributed by atoms with Gasteiger partial charge in [0.15, 0.2) is 5.82 Å². The molecule has 2 rings (SSSR count). The van der Waals surface area contributed by atoms with Gasteiger partial charge in [0.25, 0.3) is 5.91 Å². The van der Waals surface area contributed by atoms with E-state index in [2.05, 4.69) is 21.5 Å². The van der Waals surface area contributed by atoms with Gasteiger partial charge in [0.2, 0.25) is 0 Å². The fourth-order valence-corrected chi connectivity index (χ4v) is 3.74. The number of nitrogens with one attached hydrogen (secondary N) is 1. The van der Waals surface area contributed by atoms with E-state index in [1.54, 1.807) is 7.05 Å². The Bertz CT molecular complexity index is 440. The summed E-state index contributed by atoms with van der Waals surface area (Å²) in [5.41, 5.74) is 6.39. The summed E-state index contributed by atoms with van der Waals surface area (Å²) in [5.74, 6) is 0.198. The molecule has 0 unspecified atom stereocenters. The summed E-state index contributed by atoms with van der Waals surface area (Å²) in [4.78, 5) is 14.3. The fraction of sp³-hybridized carbons (Fsp3) is 0.692. The zero-order valence-electron chi connectivity index (χ0n) is 11.6.